The van der Waals surface area contributed by atoms with Crippen molar-refractivity contribution in [3.05, 3.63) is 47.8 Å². The molecule has 0 saturated heterocycles. The number of nitrogens with zero attached hydrogens (tertiary/aromatic N) is 2. The van der Waals surface area contributed by atoms with Gasteiger partial charge in [0.2, 0.25) is 0 Å². The first-order valence-electron chi connectivity index (χ1n) is 5.69. The second-order valence-electron chi connectivity index (χ2n) is 3.89. The fraction of sp³-hybridized carbons (Fsp3) is 0.308. The molecule has 2 aromatic rings. The van der Waals surface area contributed by atoms with E-state index in [1.54, 1.807) is 17.1 Å². The van der Waals surface area contributed by atoms with Gasteiger partial charge in [-0.2, -0.15) is 0 Å². The second-order valence-corrected chi connectivity index (χ2v) is 3.89. The van der Waals surface area contributed by atoms with Gasteiger partial charge in [-0.25, -0.2) is 9.37 Å². The van der Waals surface area contributed by atoms with Crippen LogP contribution in [0.4, 0.5) is 4.39 Å². The molecule has 0 bridgehead atoms. The van der Waals surface area contributed by atoms with Crippen molar-refractivity contribution in [3.63, 3.8) is 0 Å². The minimum absolute atomic E-state index is 0.396. The minimum Gasteiger partial charge on any atom is -0.496 e. The lowest BCUT2D eigenvalue weighted by Crippen LogP contribution is -2.08. The molecule has 4 nitrogen and oxygen atoms in total. The number of imidazole rings is 1. The van der Waals surface area contributed by atoms with Crippen molar-refractivity contribution in [2.75, 3.05) is 7.11 Å². The van der Waals surface area contributed by atoms with E-state index in [0.29, 0.717) is 23.6 Å². The van der Waals surface area contributed by atoms with Crippen molar-refractivity contribution in [1.29, 1.82) is 0 Å². The van der Waals surface area contributed by atoms with Gasteiger partial charge in [-0.15, -0.1) is 0 Å². The van der Waals surface area contributed by atoms with Crippen molar-refractivity contribution < 1.29 is 14.2 Å². The van der Waals surface area contributed by atoms with Crippen LogP contribution in [0.1, 0.15) is 24.3 Å². The summed E-state index contributed by atoms with van der Waals surface area (Å²) in [4.78, 5) is 3.99. The van der Waals surface area contributed by atoms with Gasteiger partial charge in [0.15, 0.2) is 0 Å². The molecule has 5 heteroatoms. The van der Waals surface area contributed by atoms with Crippen LogP contribution in [-0.4, -0.2) is 21.8 Å². The standard InChI is InChI=1S/C13H15FN2O2/c1-3-16-8-15-7-11(16)13(17)10-6-9(14)4-5-12(10)18-2/h4-8,13,17H,3H2,1-2H3. The van der Waals surface area contributed by atoms with Gasteiger partial charge in [0, 0.05) is 12.1 Å². The number of methoxy groups -OCH3 is 1. The molecule has 0 amide bonds. The van der Waals surface area contributed by atoms with Crippen LogP contribution in [-0.2, 0) is 6.54 Å². The Kier molecular flexibility index (Phi) is 3.62. The summed E-state index contributed by atoms with van der Waals surface area (Å²) in [6, 6.07) is 4.07. The van der Waals surface area contributed by atoms with Crippen LogP contribution < -0.4 is 4.74 Å². The first-order valence-corrected chi connectivity index (χ1v) is 5.69. The molecule has 1 atom stereocenters. The number of ether oxygens (including phenoxy) is 1. The van der Waals surface area contributed by atoms with Crippen LogP contribution in [0.25, 0.3) is 0 Å². The minimum atomic E-state index is -0.960. The third-order valence-electron chi connectivity index (χ3n) is 2.85. The predicted octanol–water partition coefficient (Wildman–Crippen LogP) is 2.13. The van der Waals surface area contributed by atoms with E-state index in [0.717, 1.165) is 0 Å². The molecule has 1 unspecified atom stereocenters. The second kappa shape index (κ2) is 5.18. The molecule has 0 fully saturated rings. The van der Waals surface area contributed by atoms with Crippen LogP contribution in [0.2, 0.25) is 0 Å². The normalized spacial score (nSPS) is 12.4. The van der Waals surface area contributed by atoms with E-state index in [-0.39, 0.29) is 0 Å². The molecule has 0 saturated carbocycles. The van der Waals surface area contributed by atoms with Crippen LogP contribution in [0.5, 0.6) is 5.75 Å². The maximum atomic E-state index is 13.3. The Morgan fingerprint density at radius 3 is 2.94 bits per heavy atom. The fourth-order valence-corrected chi connectivity index (χ4v) is 1.90. The van der Waals surface area contributed by atoms with Crippen LogP contribution in [0.3, 0.4) is 0 Å². The Morgan fingerprint density at radius 1 is 1.50 bits per heavy atom. The Hall–Kier alpha value is -1.88. The van der Waals surface area contributed by atoms with E-state index in [9.17, 15) is 9.50 Å². The van der Waals surface area contributed by atoms with E-state index >= 15 is 0 Å². The molecule has 0 spiro atoms. The topological polar surface area (TPSA) is 47.3 Å². The van der Waals surface area contributed by atoms with Gasteiger partial charge in [0.1, 0.15) is 17.7 Å². The molecule has 1 N–H and O–H groups in total. The molecule has 1 aromatic carbocycles. The number of halogens is 1. The van der Waals surface area contributed by atoms with Gasteiger partial charge in [-0.1, -0.05) is 0 Å². The zero-order valence-electron chi connectivity index (χ0n) is 10.3. The molecule has 18 heavy (non-hydrogen) atoms. The summed E-state index contributed by atoms with van der Waals surface area (Å²) in [6.45, 7) is 2.63. The molecule has 96 valence electrons. The van der Waals surface area contributed by atoms with Gasteiger partial charge in [0.05, 0.1) is 25.3 Å². The lowest BCUT2D eigenvalue weighted by Gasteiger charge is -2.16. The molecule has 0 aliphatic heterocycles. The highest BCUT2D eigenvalue weighted by atomic mass is 19.1. The quantitative estimate of drug-likeness (QED) is 0.904. The third-order valence-corrected chi connectivity index (χ3v) is 2.85. The molecule has 0 radical (unpaired) electrons. The maximum Gasteiger partial charge on any atom is 0.125 e. The first-order chi connectivity index (χ1) is 8.67. The molecule has 1 aromatic heterocycles. The zero-order valence-corrected chi connectivity index (χ0v) is 10.3. The molecule has 0 aliphatic carbocycles. The number of rotatable bonds is 4. The Morgan fingerprint density at radius 2 is 2.28 bits per heavy atom. The Balaban J connectivity index is 2.45. The summed E-state index contributed by atoms with van der Waals surface area (Å²) in [5.41, 5.74) is 1.01. The van der Waals surface area contributed by atoms with E-state index in [1.165, 1.54) is 25.3 Å². The number of benzene rings is 1. The summed E-state index contributed by atoms with van der Waals surface area (Å²) >= 11 is 0. The van der Waals surface area contributed by atoms with E-state index in [2.05, 4.69) is 4.98 Å². The molecular formula is C13H15FN2O2. The van der Waals surface area contributed by atoms with Crippen LogP contribution in [0, 0.1) is 5.82 Å². The van der Waals surface area contributed by atoms with Gasteiger partial charge in [0.25, 0.3) is 0 Å². The largest absolute Gasteiger partial charge is 0.496 e. The summed E-state index contributed by atoms with van der Waals surface area (Å²) in [7, 11) is 1.49. The van der Waals surface area contributed by atoms with Crippen LogP contribution in [0.15, 0.2) is 30.7 Å². The zero-order chi connectivity index (χ0) is 13.1. The number of aliphatic hydroxyl groups excluding tert-OH is 1. The summed E-state index contributed by atoms with van der Waals surface area (Å²) in [6.07, 6.45) is 2.24. The SMILES string of the molecule is CCn1cncc1C(O)c1cc(F)ccc1OC. The van der Waals surface area contributed by atoms with Crippen molar-refractivity contribution in [2.24, 2.45) is 0 Å². The number of aryl methyl sites for hydroxylation is 1. The smallest absolute Gasteiger partial charge is 0.125 e. The number of aromatic nitrogens is 2. The monoisotopic (exact) mass is 250 g/mol. The summed E-state index contributed by atoms with van der Waals surface area (Å²) in [5, 5.41) is 10.3. The lowest BCUT2D eigenvalue weighted by atomic mass is 10.1. The van der Waals surface area contributed by atoms with E-state index in [4.69, 9.17) is 4.74 Å². The summed E-state index contributed by atoms with van der Waals surface area (Å²) < 4.78 is 20.2. The highest BCUT2D eigenvalue weighted by molar-refractivity contribution is 5.39. The van der Waals surface area contributed by atoms with Gasteiger partial charge < -0.3 is 14.4 Å². The van der Waals surface area contributed by atoms with Crippen molar-refractivity contribution >= 4 is 0 Å². The van der Waals surface area contributed by atoms with Gasteiger partial charge in [-0.05, 0) is 25.1 Å². The highest BCUT2D eigenvalue weighted by Crippen LogP contribution is 2.30. The molecule has 2 rings (SSSR count). The highest BCUT2D eigenvalue weighted by Gasteiger charge is 2.19. The Labute approximate surface area is 105 Å². The molecule has 1 heterocycles. The van der Waals surface area contributed by atoms with Crippen molar-refractivity contribution in [1.82, 2.24) is 9.55 Å². The average Bonchev–Trinajstić information content (AvgIpc) is 2.86. The first kappa shape index (κ1) is 12.6. The van der Waals surface area contributed by atoms with Gasteiger partial charge in [-0.3, -0.25) is 0 Å². The average molecular weight is 250 g/mol. The maximum absolute atomic E-state index is 13.3. The van der Waals surface area contributed by atoms with E-state index < -0.39 is 11.9 Å². The molecule has 0 aliphatic rings. The van der Waals surface area contributed by atoms with Crippen molar-refractivity contribution in [3.8, 4) is 5.75 Å². The van der Waals surface area contributed by atoms with Gasteiger partial charge >= 0.3 is 0 Å². The van der Waals surface area contributed by atoms with Crippen LogP contribution >= 0.6 is 0 Å². The molecular weight excluding hydrogens is 235 g/mol. The number of aliphatic hydroxyl groups is 1. The van der Waals surface area contributed by atoms with Crippen molar-refractivity contribution in [2.45, 2.75) is 19.6 Å². The fourth-order valence-electron chi connectivity index (χ4n) is 1.90. The summed E-state index contributed by atoms with van der Waals surface area (Å²) in [5.74, 6) is 0.0418. The lowest BCUT2D eigenvalue weighted by molar-refractivity contribution is 0.204. The number of hydrogen-bond donors (Lipinski definition) is 1. The number of hydrogen-bond acceptors (Lipinski definition) is 3. The predicted molar refractivity (Wildman–Crippen MR) is 64.9 cm³/mol. The Bertz CT molecular complexity index is 540. The third kappa shape index (κ3) is 2.22. The van der Waals surface area contributed by atoms with E-state index in [1.807, 2.05) is 6.92 Å².